The fraction of sp³-hybridized carbons (Fsp3) is 0.432. The first-order chi connectivity index (χ1) is 25.8. The van der Waals surface area contributed by atoms with Crippen molar-refractivity contribution in [2.24, 2.45) is 5.41 Å². The third kappa shape index (κ3) is 9.92. The minimum atomic E-state index is -1.04. The first kappa shape index (κ1) is 40.6. The summed E-state index contributed by atoms with van der Waals surface area (Å²) < 4.78 is 5.47. The minimum absolute atomic E-state index is 0.103. The summed E-state index contributed by atoms with van der Waals surface area (Å²) in [6.07, 6.45) is 2.24. The monoisotopic (exact) mass is 748 g/mol. The van der Waals surface area contributed by atoms with Crippen LogP contribution in [0.4, 0.5) is 4.79 Å². The van der Waals surface area contributed by atoms with E-state index < -0.39 is 53.0 Å². The first-order valence-corrected chi connectivity index (χ1v) is 18.7. The molecule has 3 aromatic rings. The number of nitrogens with one attached hydrogen (secondary N) is 2. The highest BCUT2D eigenvalue weighted by Gasteiger charge is 2.43. The normalized spacial score (nSPS) is 17.6. The summed E-state index contributed by atoms with van der Waals surface area (Å²) in [5, 5.41) is 15.4. The van der Waals surface area contributed by atoms with Crippen molar-refractivity contribution in [3.05, 3.63) is 106 Å². The Morgan fingerprint density at radius 1 is 0.891 bits per heavy atom. The number of carbonyl (C=O) groups is 5. The number of fused-ring (bicyclic) bond motifs is 2. The molecular formula is C44H52N4O7. The second kappa shape index (κ2) is 16.4. The molecule has 1 aliphatic carbocycles. The molecule has 11 heteroatoms. The largest absolute Gasteiger partial charge is 0.478 e. The topological polar surface area (TPSA) is 145 Å². The van der Waals surface area contributed by atoms with Crippen molar-refractivity contribution in [3.63, 3.8) is 0 Å². The minimum Gasteiger partial charge on any atom is -0.478 e. The summed E-state index contributed by atoms with van der Waals surface area (Å²) in [4.78, 5) is 69.8. The maximum absolute atomic E-state index is 14.8. The van der Waals surface area contributed by atoms with E-state index in [2.05, 4.69) is 28.5 Å². The van der Waals surface area contributed by atoms with E-state index in [1.165, 1.54) is 29.6 Å². The third-order valence-electron chi connectivity index (χ3n) is 10.1. The number of ether oxygens (including phenoxy) is 1. The van der Waals surface area contributed by atoms with Gasteiger partial charge in [-0.15, -0.1) is 0 Å². The van der Waals surface area contributed by atoms with E-state index in [4.69, 9.17) is 4.74 Å². The fourth-order valence-electron chi connectivity index (χ4n) is 6.89. The van der Waals surface area contributed by atoms with Crippen LogP contribution in [-0.4, -0.2) is 75.5 Å². The Balaban J connectivity index is 1.45. The number of aryl methyl sites for hydroxylation is 1. The molecule has 0 saturated carbocycles. The number of rotatable bonds is 7. The summed E-state index contributed by atoms with van der Waals surface area (Å²) >= 11 is 0. The predicted molar refractivity (Wildman–Crippen MR) is 209 cm³/mol. The van der Waals surface area contributed by atoms with Crippen LogP contribution in [-0.2, 0) is 38.5 Å². The number of nitrogens with zero attached hydrogens (tertiary/aromatic N) is 2. The Kier molecular flexibility index (Phi) is 12.1. The van der Waals surface area contributed by atoms with Crippen LogP contribution in [0.2, 0.25) is 0 Å². The lowest BCUT2D eigenvalue weighted by molar-refractivity contribution is -0.147. The highest BCUT2D eigenvalue weighted by Crippen LogP contribution is 2.32. The molecule has 0 radical (unpaired) electrons. The van der Waals surface area contributed by atoms with Crippen LogP contribution in [0.15, 0.2) is 66.7 Å². The number of hydrogen-bond acceptors (Lipinski definition) is 6. The summed E-state index contributed by atoms with van der Waals surface area (Å²) in [6, 6.07) is 17.1. The van der Waals surface area contributed by atoms with Crippen molar-refractivity contribution < 1.29 is 33.8 Å². The average molecular weight is 749 g/mol. The van der Waals surface area contributed by atoms with Crippen LogP contribution >= 0.6 is 0 Å². The van der Waals surface area contributed by atoms with Gasteiger partial charge in [0.15, 0.2) is 0 Å². The molecule has 3 N–H and O–H groups in total. The van der Waals surface area contributed by atoms with Crippen LogP contribution < -0.4 is 10.6 Å². The molecule has 2 aliphatic rings. The Morgan fingerprint density at radius 2 is 1.55 bits per heavy atom. The van der Waals surface area contributed by atoms with E-state index in [1.807, 2.05) is 57.2 Å². The van der Waals surface area contributed by atoms with Crippen molar-refractivity contribution in [1.82, 2.24) is 20.4 Å². The highest BCUT2D eigenvalue weighted by molar-refractivity contribution is 5.95. The number of hydrogen-bond donors (Lipinski definition) is 3. The number of carboxylic acids is 1. The Hall–Kier alpha value is -5.63. The van der Waals surface area contributed by atoms with Gasteiger partial charge in [0.05, 0.1) is 11.6 Å². The number of aromatic carboxylic acids is 1. The second-order valence-electron chi connectivity index (χ2n) is 16.5. The van der Waals surface area contributed by atoms with E-state index >= 15 is 0 Å². The van der Waals surface area contributed by atoms with Gasteiger partial charge in [-0.25, -0.2) is 9.59 Å². The number of carboxylic acid groups (broad SMARTS) is 1. The molecule has 4 atom stereocenters. The summed E-state index contributed by atoms with van der Waals surface area (Å²) in [7, 11) is 1.48. The molecule has 3 aromatic carbocycles. The summed E-state index contributed by atoms with van der Waals surface area (Å²) in [6.45, 7) is 12.4. The van der Waals surface area contributed by atoms with Gasteiger partial charge in [-0.1, -0.05) is 62.9 Å². The molecule has 1 aliphatic heterocycles. The van der Waals surface area contributed by atoms with Crippen molar-refractivity contribution in [3.8, 4) is 11.8 Å². The Bertz CT molecular complexity index is 2020. The molecule has 5 rings (SSSR count). The number of likely N-dealkylation sites (N-methyl/N-ethyl adjacent to an activating group) is 1. The van der Waals surface area contributed by atoms with Gasteiger partial charge in [-0.3, -0.25) is 19.3 Å². The van der Waals surface area contributed by atoms with E-state index in [0.717, 1.165) is 36.0 Å². The van der Waals surface area contributed by atoms with Crippen LogP contribution in [0.25, 0.3) is 0 Å². The zero-order chi connectivity index (χ0) is 40.2. The van der Waals surface area contributed by atoms with E-state index in [1.54, 1.807) is 44.7 Å². The number of amides is 4. The second-order valence-corrected chi connectivity index (χ2v) is 16.5. The summed E-state index contributed by atoms with van der Waals surface area (Å²) in [5.41, 5.74) is 4.00. The first-order valence-electron chi connectivity index (χ1n) is 18.7. The predicted octanol–water partition coefficient (Wildman–Crippen LogP) is 6.02. The zero-order valence-corrected chi connectivity index (χ0v) is 33.0. The molecule has 0 aromatic heterocycles. The average Bonchev–Trinajstić information content (AvgIpc) is 3.13. The van der Waals surface area contributed by atoms with Crippen LogP contribution in [0.1, 0.15) is 111 Å². The lowest BCUT2D eigenvalue weighted by atomic mass is 9.83. The highest BCUT2D eigenvalue weighted by atomic mass is 16.6. The van der Waals surface area contributed by atoms with E-state index in [-0.39, 0.29) is 30.5 Å². The molecule has 0 saturated heterocycles. The van der Waals surface area contributed by atoms with Crippen LogP contribution in [0.3, 0.4) is 0 Å². The number of benzene rings is 3. The molecule has 290 valence electrons. The van der Waals surface area contributed by atoms with Gasteiger partial charge >= 0.3 is 12.1 Å². The maximum atomic E-state index is 14.8. The SMILES string of the molecule is CC(C(=O)NC(C(=O)N1Cc2cc(C#Cc3ccc(C(=O)O)cc3)ccc2CC1C(=O)NC1CCCc2ccccc21)C(C)(C)C)N(C)C(=O)OC(C)(C)C. The lowest BCUT2D eigenvalue weighted by Gasteiger charge is -2.42. The Labute approximate surface area is 323 Å². The lowest BCUT2D eigenvalue weighted by Crippen LogP contribution is -2.62. The zero-order valence-electron chi connectivity index (χ0n) is 33.0. The van der Waals surface area contributed by atoms with Crippen molar-refractivity contribution in [2.75, 3.05) is 7.05 Å². The quantitative estimate of drug-likeness (QED) is 0.251. The van der Waals surface area contributed by atoms with Crippen molar-refractivity contribution in [2.45, 2.75) is 110 Å². The fourth-order valence-corrected chi connectivity index (χ4v) is 6.89. The van der Waals surface area contributed by atoms with Crippen molar-refractivity contribution >= 4 is 29.8 Å². The van der Waals surface area contributed by atoms with Gasteiger partial charge in [0.25, 0.3) is 0 Å². The molecule has 0 bridgehead atoms. The smallest absolute Gasteiger partial charge is 0.410 e. The van der Waals surface area contributed by atoms with E-state index in [0.29, 0.717) is 11.1 Å². The third-order valence-corrected chi connectivity index (χ3v) is 10.1. The Morgan fingerprint density at radius 3 is 2.20 bits per heavy atom. The molecule has 1 heterocycles. The molecular weight excluding hydrogens is 697 g/mol. The number of carbonyl (C=O) groups excluding carboxylic acids is 4. The molecule has 0 fully saturated rings. The molecule has 4 amide bonds. The van der Waals surface area contributed by atoms with Gasteiger partial charge in [-0.05, 0) is 111 Å². The standard InChI is InChI=1S/C44H52N4O7/c1-27(47(8)42(54)55-44(5,6)7)38(49)46-37(43(2,3)4)40(51)48-26-33-24-29(17-16-28-18-21-31(22-19-28)41(52)53)20-23-32(33)25-36(48)39(50)45-35-15-11-13-30-12-9-10-14-34(30)35/h9-10,12,14,18-24,27,35-37H,11,13,15,25-26H2,1-8H3,(H,45,50)(H,46,49)(H,52,53). The van der Waals surface area contributed by atoms with Gasteiger partial charge in [0.1, 0.15) is 23.7 Å². The molecule has 11 nitrogen and oxygen atoms in total. The molecule has 55 heavy (non-hydrogen) atoms. The van der Waals surface area contributed by atoms with Gasteiger partial charge in [-0.2, -0.15) is 0 Å². The summed E-state index contributed by atoms with van der Waals surface area (Å²) in [5.74, 6) is 3.98. The van der Waals surface area contributed by atoms with Gasteiger partial charge in [0, 0.05) is 31.1 Å². The van der Waals surface area contributed by atoms with Crippen LogP contribution in [0, 0.1) is 17.3 Å². The van der Waals surface area contributed by atoms with Gasteiger partial charge in [0.2, 0.25) is 17.7 Å². The van der Waals surface area contributed by atoms with Crippen LogP contribution in [0.5, 0.6) is 0 Å². The molecule has 0 spiro atoms. The maximum Gasteiger partial charge on any atom is 0.410 e. The molecule has 4 unspecified atom stereocenters. The van der Waals surface area contributed by atoms with E-state index in [9.17, 15) is 29.1 Å². The van der Waals surface area contributed by atoms with Crippen molar-refractivity contribution in [1.29, 1.82) is 0 Å². The van der Waals surface area contributed by atoms with Gasteiger partial charge < -0.3 is 25.4 Å².